The molecule has 2 aromatic heterocycles. The van der Waals surface area contributed by atoms with Gasteiger partial charge in [-0.05, 0) is 41.2 Å². The molecule has 0 fully saturated rings. The Kier molecular flexibility index (Phi) is 7.07. The van der Waals surface area contributed by atoms with Crippen LogP contribution in [0.1, 0.15) is 29.9 Å². The number of nitrogens with zero attached hydrogens (tertiary/aromatic N) is 2. The Morgan fingerprint density at radius 1 is 1.03 bits per heavy atom. The molecule has 0 aliphatic rings. The SMILES string of the molecule is O=C(CCn1c(-c2cccs2)n[nH]c1=S)NCCC(c1ccccc1)c1ccccc1. The van der Waals surface area contributed by atoms with E-state index in [0.717, 1.165) is 17.1 Å². The van der Waals surface area contributed by atoms with Crippen molar-refractivity contribution in [3.8, 4) is 10.7 Å². The van der Waals surface area contributed by atoms with E-state index in [1.165, 1.54) is 11.1 Å². The first kappa shape index (κ1) is 21.2. The zero-order chi connectivity index (χ0) is 21.5. The van der Waals surface area contributed by atoms with E-state index in [1.54, 1.807) is 11.3 Å². The van der Waals surface area contributed by atoms with Gasteiger partial charge >= 0.3 is 0 Å². The van der Waals surface area contributed by atoms with Crippen molar-refractivity contribution in [3.05, 3.63) is 94.1 Å². The molecule has 0 aliphatic carbocycles. The zero-order valence-electron chi connectivity index (χ0n) is 17.0. The summed E-state index contributed by atoms with van der Waals surface area (Å²) in [6, 6.07) is 24.8. The topological polar surface area (TPSA) is 62.7 Å². The molecule has 158 valence electrons. The first-order valence-corrected chi connectivity index (χ1v) is 11.6. The largest absolute Gasteiger partial charge is 0.356 e. The van der Waals surface area contributed by atoms with Crippen LogP contribution in [0.25, 0.3) is 10.7 Å². The Labute approximate surface area is 190 Å². The van der Waals surface area contributed by atoms with E-state index in [4.69, 9.17) is 12.2 Å². The van der Waals surface area contributed by atoms with E-state index >= 15 is 0 Å². The fraction of sp³-hybridized carbons (Fsp3) is 0.208. The van der Waals surface area contributed by atoms with Crippen LogP contribution >= 0.6 is 23.6 Å². The van der Waals surface area contributed by atoms with Crippen molar-refractivity contribution in [2.75, 3.05) is 6.54 Å². The lowest BCUT2D eigenvalue weighted by Gasteiger charge is -2.18. The van der Waals surface area contributed by atoms with Crippen molar-refractivity contribution in [3.63, 3.8) is 0 Å². The smallest absolute Gasteiger partial charge is 0.221 e. The molecule has 5 nitrogen and oxygen atoms in total. The van der Waals surface area contributed by atoms with Gasteiger partial charge in [0.05, 0.1) is 4.88 Å². The van der Waals surface area contributed by atoms with E-state index in [2.05, 4.69) is 64.0 Å². The number of aromatic amines is 1. The molecule has 0 unspecified atom stereocenters. The molecule has 0 spiro atoms. The fourth-order valence-corrected chi connectivity index (χ4v) is 4.62. The summed E-state index contributed by atoms with van der Waals surface area (Å²) in [6.45, 7) is 1.11. The zero-order valence-corrected chi connectivity index (χ0v) is 18.7. The van der Waals surface area contributed by atoms with Crippen LogP contribution in [0.15, 0.2) is 78.2 Å². The van der Waals surface area contributed by atoms with Gasteiger partial charge in [0.25, 0.3) is 0 Å². The molecule has 31 heavy (non-hydrogen) atoms. The fourth-order valence-electron chi connectivity index (χ4n) is 3.67. The molecule has 4 aromatic rings. The van der Waals surface area contributed by atoms with E-state index < -0.39 is 0 Å². The number of benzene rings is 2. The lowest BCUT2D eigenvalue weighted by molar-refractivity contribution is -0.121. The van der Waals surface area contributed by atoms with Crippen molar-refractivity contribution in [1.82, 2.24) is 20.1 Å². The van der Waals surface area contributed by atoms with Crippen molar-refractivity contribution in [1.29, 1.82) is 0 Å². The molecular weight excluding hydrogens is 424 g/mol. The molecule has 0 radical (unpaired) electrons. The summed E-state index contributed by atoms with van der Waals surface area (Å²) in [6.07, 6.45) is 1.19. The maximum absolute atomic E-state index is 12.5. The minimum absolute atomic E-state index is 0.0140. The highest BCUT2D eigenvalue weighted by molar-refractivity contribution is 7.71. The Hall–Kier alpha value is -3.03. The van der Waals surface area contributed by atoms with Gasteiger partial charge in [-0.3, -0.25) is 14.5 Å². The summed E-state index contributed by atoms with van der Waals surface area (Å²) < 4.78 is 2.42. The van der Waals surface area contributed by atoms with Crippen LogP contribution in [0.3, 0.4) is 0 Å². The summed E-state index contributed by atoms with van der Waals surface area (Å²) in [5.41, 5.74) is 2.52. The van der Waals surface area contributed by atoms with Crippen molar-refractivity contribution < 1.29 is 4.79 Å². The number of thiophene rings is 1. The predicted octanol–water partition coefficient (Wildman–Crippen LogP) is 5.40. The number of carbonyl (C=O) groups excluding carboxylic acids is 1. The predicted molar refractivity (Wildman–Crippen MR) is 128 cm³/mol. The third-order valence-electron chi connectivity index (χ3n) is 5.22. The van der Waals surface area contributed by atoms with Gasteiger partial charge in [-0.15, -0.1) is 11.3 Å². The summed E-state index contributed by atoms with van der Waals surface area (Å²) in [5, 5.41) is 12.2. The average Bonchev–Trinajstić information content (AvgIpc) is 3.46. The number of nitrogens with one attached hydrogen (secondary N) is 2. The minimum atomic E-state index is 0.0140. The van der Waals surface area contributed by atoms with Gasteiger partial charge in [-0.2, -0.15) is 5.10 Å². The van der Waals surface area contributed by atoms with Crippen molar-refractivity contribution in [2.45, 2.75) is 25.3 Å². The monoisotopic (exact) mass is 448 g/mol. The van der Waals surface area contributed by atoms with Crippen LogP contribution in [0, 0.1) is 4.77 Å². The Morgan fingerprint density at radius 2 is 1.71 bits per heavy atom. The summed E-state index contributed by atoms with van der Waals surface area (Å²) in [4.78, 5) is 13.5. The average molecular weight is 449 g/mol. The number of hydrogen-bond donors (Lipinski definition) is 2. The molecule has 0 aliphatic heterocycles. The van der Waals surface area contributed by atoms with Gasteiger partial charge in [-0.25, -0.2) is 0 Å². The third-order valence-corrected chi connectivity index (χ3v) is 6.40. The summed E-state index contributed by atoms with van der Waals surface area (Å²) in [5.74, 6) is 1.04. The Morgan fingerprint density at radius 3 is 2.32 bits per heavy atom. The molecule has 7 heteroatoms. The normalized spacial score (nSPS) is 11.0. The van der Waals surface area contributed by atoms with Gasteiger partial charge in [0, 0.05) is 25.4 Å². The lowest BCUT2D eigenvalue weighted by atomic mass is 9.88. The Balaban J connectivity index is 1.35. The van der Waals surface area contributed by atoms with Crippen LogP contribution in [-0.4, -0.2) is 27.2 Å². The number of rotatable bonds is 9. The first-order valence-electron chi connectivity index (χ1n) is 10.3. The van der Waals surface area contributed by atoms with Gasteiger partial charge in [0.1, 0.15) is 0 Å². The van der Waals surface area contributed by atoms with E-state index in [-0.39, 0.29) is 11.8 Å². The highest BCUT2D eigenvalue weighted by Crippen LogP contribution is 2.27. The van der Waals surface area contributed by atoms with Crippen molar-refractivity contribution in [2.24, 2.45) is 0 Å². The van der Waals surface area contributed by atoms with Gasteiger partial charge in [0.15, 0.2) is 10.6 Å². The molecule has 0 atom stereocenters. The number of aromatic nitrogens is 3. The van der Waals surface area contributed by atoms with E-state index in [0.29, 0.717) is 24.3 Å². The lowest BCUT2D eigenvalue weighted by Crippen LogP contribution is -2.26. The third kappa shape index (κ3) is 5.37. The van der Waals surface area contributed by atoms with Crippen LogP contribution in [0.5, 0.6) is 0 Å². The van der Waals surface area contributed by atoms with Gasteiger partial charge < -0.3 is 5.32 Å². The summed E-state index contributed by atoms with van der Waals surface area (Å²) >= 11 is 6.95. The maximum atomic E-state index is 12.5. The first-order chi connectivity index (χ1) is 15.2. The number of amides is 1. The molecule has 2 N–H and O–H groups in total. The molecule has 0 saturated heterocycles. The molecule has 2 heterocycles. The molecule has 0 bridgehead atoms. The van der Waals surface area contributed by atoms with E-state index in [1.807, 2.05) is 34.2 Å². The Bertz CT molecular complexity index is 1110. The van der Waals surface area contributed by atoms with Crippen LogP contribution in [0.2, 0.25) is 0 Å². The van der Waals surface area contributed by atoms with E-state index in [9.17, 15) is 4.79 Å². The summed E-state index contributed by atoms with van der Waals surface area (Å²) in [7, 11) is 0. The van der Waals surface area contributed by atoms with Crippen LogP contribution in [0.4, 0.5) is 0 Å². The molecule has 2 aromatic carbocycles. The quantitative estimate of drug-likeness (QED) is 0.337. The second-order valence-corrected chi connectivity index (χ2v) is 8.58. The van der Waals surface area contributed by atoms with Crippen molar-refractivity contribution >= 4 is 29.5 Å². The second kappa shape index (κ2) is 10.3. The number of hydrogen-bond acceptors (Lipinski definition) is 4. The molecule has 0 saturated carbocycles. The van der Waals surface area contributed by atoms with Gasteiger partial charge in [-0.1, -0.05) is 66.7 Å². The number of H-pyrrole nitrogens is 1. The van der Waals surface area contributed by atoms with Crippen LogP contribution in [-0.2, 0) is 11.3 Å². The molecular formula is C24H24N4OS2. The standard InChI is InChI=1S/C24H24N4OS2/c29-22(14-16-28-23(26-27-24(28)30)21-12-7-17-31-21)25-15-13-20(18-8-3-1-4-9-18)19-10-5-2-6-11-19/h1-12,17,20H,13-16H2,(H,25,29)(H,27,30). The second-order valence-electron chi connectivity index (χ2n) is 7.24. The molecule has 1 amide bonds. The highest BCUT2D eigenvalue weighted by Gasteiger charge is 2.15. The number of carbonyl (C=O) groups is 1. The maximum Gasteiger partial charge on any atom is 0.221 e. The molecule has 4 rings (SSSR count). The van der Waals surface area contributed by atoms with Gasteiger partial charge in [0.2, 0.25) is 5.91 Å². The highest BCUT2D eigenvalue weighted by atomic mass is 32.1. The minimum Gasteiger partial charge on any atom is -0.356 e. The van der Waals surface area contributed by atoms with Crippen LogP contribution < -0.4 is 5.32 Å².